The van der Waals surface area contributed by atoms with Gasteiger partial charge in [0.05, 0.1) is 5.92 Å². The molecule has 1 heterocycles. The number of nitrogens with two attached hydrogens (primary N) is 1. The molecular weight excluding hydrogens is 294 g/mol. The summed E-state index contributed by atoms with van der Waals surface area (Å²) in [5, 5.41) is 4.31. The highest BCUT2D eigenvalue weighted by atomic mass is 32.2. The maximum atomic E-state index is 12.6. The van der Waals surface area contributed by atoms with Crippen molar-refractivity contribution in [3.05, 3.63) is 58.9 Å². The third kappa shape index (κ3) is 4.75. The van der Waals surface area contributed by atoms with Gasteiger partial charge in [-0.05, 0) is 42.9 Å². The second kappa shape index (κ2) is 7.16. The van der Waals surface area contributed by atoms with Crippen molar-refractivity contribution in [3.63, 3.8) is 0 Å². The van der Waals surface area contributed by atoms with Crippen molar-refractivity contribution in [2.75, 3.05) is 5.75 Å². The van der Waals surface area contributed by atoms with Gasteiger partial charge in [-0.3, -0.25) is 4.79 Å². The molecule has 1 unspecified atom stereocenters. The van der Waals surface area contributed by atoms with Gasteiger partial charge in [0.2, 0.25) is 0 Å². The van der Waals surface area contributed by atoms with Crippen LogP contribution in [-0.2, 0) is 9.53 Å². The van der Waals surface area contributed by atoms with E-state index in [-0.39, 0.29) is 17.9 Å². The Morgan fingerprint density at radius 2 is 1.77 bits per heavy atom. The summed E-state index contributed by atoms with van der Waals surface area (Å²) < 4.78 is 5.60. The van der Waals surface area contributed by atoms with Gasteiger partial charge in [0.25, 0.3) is 0 Å². The second-order valence-corrected chi connectivity index (χ2v) is 8.45. The fraction of sp³-hybridized carbons (Fsp3) is 0.389. The lowest BCUT2D eigenvalue weighted by atomic mass is 9.95. The predicted octanol–water partition coefficient (Wildman–Crippen LogP) is 3.69. The molecule has 0 amide bonds. The third-order valence-corrected chi connectivity index (χ3v) is 5.33. The van der Waals surface area contributed by atoms with Crippen LogP contribution >= 0.6 is 10.9 Å². The summed E-state index contributed by atoms with van der Waals surface area (Å²) in [6.07, 6.45) is 4.07. The molecule has 0 aromatic heterocycles. The topological polar surface area (TPSA) is 52.3 Å². The van der Waals surface area contributed by atoms with Crippen LogP contribution in [0.3, 0.4) is 0 Å². The molecule has 2 rings (SSSR count). The summed E-state index contributed by atoms with van der Waals surface area (Å²) in [5.74, 6) is 0.188. The largest absolute Gasteiger partial charge is 0.460 e. The minimum Gasteiger partial charge on any atom is -0.460 e. The highest BCUT2D eigenvalue weighted by Gasteiger charge is 2.32. The van der Waals surface area contributed by atoms with Gasteiger partial charge in [0.15, 0.2) is 0 Å². The van der Waals surface area contributed by atoms with Crippen LogP contribution in [0.4, 0.5) is 0 Å². The lowest BCUT2D eigenvalue weighted by molar-refractivity contribution is -0.159. The molecule has 0 aliphatic carbocycles. The van der Waals surface area contributed by atoms with Gasteiger partial charge in [0, 0.05) is 6.04 Å². The third-order valence-electron chi connectivity index (χ3n) is 3.40. The van der Waals surface area contributed by atoms with E-state index in [1.165, 1.54) is 0 Å². The van der Waals surface area contributed by atoms with Crippen LogP contribution in [0.15, 0.2) is 53.3 Å². The van der Waals surface area contributed by atoms with Gasteiger partial charge in [-0.1, -0.05) is 42.5 Å². The number of rotatable bonds is 5. The van der Waals surface area contributed by atoms with Gasteiger partial charge < -0.3 is 10.5 Å². The van der Waals surface area contributed by atoms with Gasteiger partial charge in [0.1, 0.15) is 5.60 Å². The van der Waals surface area contributed by atoms with Crippen LogP contribution in [0, 0.1) is 5.92 Å². The average molecular weight is 319 g/mol. The lowest BCUT2D eigenvalue weighted by Gasteiger charge is -2.29. The summed E-state index contributed by atoms with van der Waals surface area (Å²) in [7, 11) is -0.423. The van der Waals surface area contributed by atoms with Crippen molar-refractivity contribution in [1.29, 1.82) is 0 Å². The number of carbonyl (C=O) groups excluding carboxylic acids is 1. The summed E-state index contributed by atoms with van der Waals surface area (Å²) >= 11 is 0. The predicted molar refractivity (Wildman–Crippen MR) is 94.8 cm³/mol. The molecule has 0 saturated heterocycles. The van der Waals surface area contributed by atoms with Crippen molar-refractivity contribution in [1.82, 2.24) is 0 Å². The van der Waals surface area contributed by atoms with Crippen LogP contribution < -0.4 is 5.73 Å². The van der Waals surface area contributed by atoms with E-state index in [4.69, 9.17) is 10.5 Å². The van der Waals surface area contributed by atoms with Gasteiger partial charge >= 0.3 is 5.97 Å². The first kappa shape index (κ1) is 16.8. The van der Waals surface area contributed by atoms with E-state index in [1.807, 2.05) is 63.3 Å². The average Bonchev–Trinajstić information content (AvgIpc) is 2.96. The van der Waals surface area contributed by atoms with E-state index >= 15 is 0 Å². The number of esters is 1. The number of ether oxygens (including phenoxy) is 1. The quantitative estimate of drug-likeness (QED) is 0.643. The van der Waals surface area contributed by atoms with Crippen molar-refractivity contribution in [2.45, 2.75) is 32.4 Å². The van der Waals surface area contributed by atoms with E-state index in [1.54, 1.807) is 0 Å². The Hall–Kier alpha value is -1.52. The molecule has 1 aromatic carbocycles. The van der Waals surface area contributed by atoms with Crippen LogP contribution in [0.5, 0.6) is 0 Å². The van der Waals surface area contributed by atoms with Crippen molar-refractivity contribution in [2.24, 2.45) is 11.7 Å². The zero-order chi connectivity index (χ0) is 16.2. The molecule has 0 bridgehead atoms. The molecule has 1 aliphatic heterocycles. The van der Waals surface area contributed by atoms with E-state index in [0.717, 1.165) is 11.3 Å². The number of allylic oxidation sites excluding steroid dienone is 2. The highest BCUT2D eigenvalue weighted by molar-refractivity contribution is 8.22. The van der Waals surface area contributed by atoms with Crippen LogP contribution in [0.25, 0.3) is 0 Å². The molecule has 120 valence electrons. The minimum atomic E-state index is -0.500. The molecular formula is C18H25NO2S. The summed E-state index contributed by atoms with van der Waals surface area (Å²) in [4.78, 5) is 12.6. The first-order valence-corrected chi connectivity index (χ1v) is 9.17. The molecule has 0 saturated carbocycles. The monoisotopic (exact) mass is 319 g/mol. The maximum Gasteiger partial charge on any atom is 0.312 e. The SMILES string of the molecule is CC(C)(C)OC(=O)[C@@H](C[SH]1C=CC=C1)C(N)c1ccccc1. The summed E-state index contributed by atoms with van der Waals surface area (Å²) in [6, 6.07) is 9.43. The molecule has 1 aromatic rings. The van der Waals surface area contributed by atoms with Crippen molar-refractivity contribution >= 4 is 16.9 Å². The van der Waals surface area contributed by atoms with E-state index < -0.39 is 16.5 Å². The van der Waals surface area contributed by atoms with Crippen molar-refractivity contribution in [3.8, 4) is 0 Å². The van der Waals surface area contributed by atoms with Crippen molar-refractivity contribution < 1.29 is 9.53 Å². The van der Waals surface area contributed by atoms with Crippen LogP contribution in [-0.4, -0.2) is 17.3 Å². The molecule has 3 nitrogen and oxygen atoms in total. The molecule has 1 aliphatic rings. The zero-order valence-electron chi connectivity index (χ0n) is 13.4. The number of carbonyl (C=O) groups is 1. The van der Waals surface area contributed by atoms with Gasteiger partial charge in [-0.2, -0.15) is 0 Å². The number of hydrogen-bond donors (Lipinski definition) is 2. The van der Waals surface area contributed by atoms with Gasteiger partial charge in [-0.25, -0.2) is 10.9 Å². The second-order valence-electron chi connectivity index (χ2n) is 6.46. The molecule has 0 fully saturated rings. The molecule has 4 heteroatoms. The Labute approximate surface area is 135 Å². The molecule has 0 radical (unpaired) electrons. The Morgan fingerprint density at radius 3 is 2.32 bits per heavy atom. The van der Waals surface area contributed by atoms with Crippen LogP contribution in [0.1, 0.15) is 32.4 Å². The minimum absolute atomic E-state index is 0.208. The number of benzene rings is 1. The van der Waals surface area contributed by atoms with Crippen LogP contribution in [0.2, 0.25) is 0 Å². The van der Waals surface area contributed by atoms with Gasteiger partial charge in [-0.15, -0.1) is 0 Å². The normalized spacial score (nSPS) is 18.3. The first-order chi connectivity index (χ1) is 10.4. The smallest absolute Gasteiger partial charge is 0.312 e. The molecule has 22 heavy (non-hydrogen) atoms. The Bertz CT molecular complexity index is 548. The number of thiol groups is 1. The van der Waals surface area contributed by atoms with E-state index in [9.17, 15) is 4.79 Å². The highest BCUT2D eigenvalue weighted by Crippen LogP contribution is 2.38. The molecule has 2 N–H and O–H groups in total. The van der Waals surface area contributed by atoms with E-state index in [2.05, 4.69) is 10.8 Å². The summed E-state index contributed by atoms with van der Waals surface area (Å²) in [6.45, 7) is 5.66. The fourth-order valence-corrected chi connectivity index (χ4v) is 4.15. The Morgan fingerprint density at radius 1 is 1.18 bits per heavy atom. The molecule has 0 spiro atoms. The number of hydrogen-bond acceptors (Lipinski definition) is 3. The lowest BCUT2D eigenvalue weighted by Crippen LogP contribution is -2.36. The molecule has 2 atom stereocenters. The standard InChI is InChI=1S/C18H25NO2S/c1-18(2,3)21-17(20)15(13-22-11-7-8-12-22)16(19)14-9-5-4-6-10-14/h4-12,15-16,22H,13,19H2,1-3H3/t15-,16?/m0/s1. The zero-order valence-corrected chi connectivity index (χ0v) is 14.3. The Kier molecular flexibility index (Phi) is 5.48. The fourth-order valence-electron chi connectivity index (χ4n) is 2.34. The maximum absolute atomic E-state index is 12.6. The van der Waals surface area contributed by atoms with E-state index in [0.29, 0.717) is 0 Å². The summed E-state index contributed by atoms with van der Waals surface area (Å²) in [5.41, 5.74) is 6.87. The Balaban J connectivity index is 2.18. The first-order valence-electron chi connectivity index (χ1n) is 7.51.